The zero-order valence-electron chi connectivity index (χ0n) is 12.7. The minimum atomic E-state index is -4.72. The molecule has 1 unspecified atom stereocenters. The van der Waals surface area contributed by atoms with Crippen LogP contribution < -0.4 is 0 Å². The van der Waals surface area contributed by atoms with Crippen molar-refractivity contribution in [3.63, 3.8) is 0 Å². The Morgan fingerprint density at radius 3 is 2.24 bits per heavy atom. The standard InChI is InChI=1S/C17H12F3NO4/c18-17(19,20)16(10-14(16)11-4-2-1-3-5-11)25-15(22)12-6-8-13(9-7-12)21(23)24/h1-9,14H,10H2/t14-,16?/m1/s1. The van der Waals surface area contributed by atoms with Gasteiger partial charge in [0.25, 0.3) is 5.69 Å². The van der Waals surface area contributed by atoms with E-state index in [1.165, 1.54) is 0 Å². The molecule has 0 amide bonds. The number of carbonyl (C=O) groups excluding carboxylic acids is 1. The number of esters is 1. The van der Waals surface area contributed by atoms with Crippen molar-refractivity contribution in [2.24, 2.45) is 0 Å². The van der Waals surface area contributed by atoms with E-state index in [0.717, 1.165) is 24.3 Å². The normalized spacial score (nSPS) is 22.3. The maximum absolute atomic E-state index is 13.5. The number of non-ortho nitro benzene ring substituents is 1. The second-order valence-electron chi connectivity index (χ2n) is 5.75. The first-order valence-electron chi connectivity index (χ1n) is 7.34. The Kier molecular flexibility index (Phi) is 3.98. The quantitative estimate of drug-likeness (QED) is 0.469. The molecular formula is C17H12F3NO4. The minimum absolute atomic E-state index is 0.173. The molecule has 0 radical (unpaired) electrons. The van der Waals surface area contributed by atoms with Crippen LogP contribution in [0.1, 0.15) is 28.3 Å². The molecule has 0 saturated heterocycles. The lowest BCUT2D eigenvalue weighted by atomic mass is 10.1. The Hall–Kier alpha value is -2.90. The Bertz CT molecular complexity index is 805. The van der Waals surface area contributed by atoms with Crippen LogP contribution in [0.2, 0.25) is 0 Å². The average molecular weight is 351 g/mol. The summed E-state index contributed by atoms with van der Waals surface area (Å²) in [6.07, 6.45) is -5.07. The number of ether oxygens (including phenoxy) is 1. The fourth-order valence-corrected chi connectivity index (χ4v) is 2.74. The summed E-state index contributed by atoms with van der Waals surface area (Å²) in [4.78, 5) is 22.0. The third kappa shape index (κ3) is 3.07. The van der Waals surface area contributed by atoms with E-state index >= 15 is 0 Å². The largest absolute Gasteiger partial charge is 0.445 e. The van der Waals surface area contributed by atoms with Crippen LogP contribution in [0.3, 0.4) is 0 Å². The number of carbonyl (C=O) groups is 1. The summed E-state index contributed by atoms with van der Waals surface area (Å²) in [6.45, 7) is 0. The van der Waals surface area contributed by atoms with Crippen LogP contribution in [0.15, 0.2) is 54.6 Å². The maximum atomic E-state index is 13.5. The number of nitro benzene ring substituents is 1. The number of alkyl halides is 3. The molecule has 0 aromatic heterocycles. The van der Waals surface area contributed by atoms with E-state index < -0.39 is 28.6 Å². The molecule has 2 aromatic rings. The molecule has 0 N–H and O–H groups in total. The first-order chi connectivity index (χ1) is 11.7. The first-order valence-corrected chi connectivity index (χ1v) is 7.34. The van der Waals surface area contributed by atoms with E-state index in [-0.39, 0.29) is 17.7 Å². The van der Waals surface area contributed by atoms with Gasteiger partial charge >= 0.3 is 12.1 Å². The fourth-order valence-electron chi connectivity index (χ4n) is 2.74. The highest BCUT2D eigenvalue weighted by Crippen LogP contribution is 2.62. The molecular weight excluding hydrogens is 339 g/mol. The number of benzene rings is 2. The predicted molar refractivity (Wildman–Crippen MR) is 81.1 cm³/mol. The number of halogens is 3. The maximum Gasteiger partial charge on any atom is 0.429 e. The monoisotopic (exact) mass is 351 g/mol. The van der Waals surface area contributed by atoms with Crippen molar-refractivity contribution in [1.29, 1.82) is 0 Å². The molecule has 1 aliphatic rings. The third-order valence-electron chi connectivity index (χ3n) is 4.18. The SMILES string of the molecule is O=C(OC1(C(F)(F)F)C[C@@H]1c1ccccc1)c1ccc([N+](=O)[O-])cc1. The van der Waals surface area contributed by atoms with E-state index in [1.54, 1.807) is 30.3 Å². The van der Waals surface area contributed by atoms with E-state index in [4.69, 9.17) is 4.74 Å². The lowest BCUT2D eigenvalue weighted by Gasteiger charge is -2.22. The molecule has 2 atom stereocenters. The number of rotatable bonds is 4. The summed E-state index contributed by atoms with van der Waals surface area (Å²) in [5.41, 5.74) is -2.56. The van der Waals surface area contributed by atoms with Crippen molar-refractivity contribution in [3.8, 4) is 0 Å². The van der Waals surface area contributed by atoms with Gasteiger partial charge in [-0.15, -0.1) is 0 Å². The predicted octanol–water partition coefficient (Wildman–Crippen LogP) is 4.24. The van der Waals surface area contributed by atoms with Gasteiger partial charge in [-0.25, -0.2) is 4.79 Å². The van der Waals surface area contributed by atoms with Crippen molar-refractivity contribution in [1.82, 2.24) is 0 Å². The van der Waals surface area contributed by atoms with Crippen LogP contribution in [0.5, 0.6) is 0 Å². The molecule has 2 aromatic carbocycles. The van der Waals surface area contributed by atoms with Crippen molar-refractivity contribution in [2.75, 3.05) is 0 Å². The lowest BCUT2D eigenvalue weighted by molar-refractivity contribution is -0.384. The van der Waals surface area contributed by atoms with Crippen LogP contribution in [0, 0.1) is 10.1 Å². The second kappa shape index (κ2) is 5.87. The molecule has 8 heteroatoms. The molecule has 5 nitrogen and oxygen atoms in total. The lowest BCUT2D eigenvalue weighted by Crippen LogP contribution is -2.38. The molecule has 1 aliphatic carbocycles. The van der Waals surface area contributed by atoms with E-state index in [9.17, 15) is 28.1 Å². The van der Waals surface area contributed by atoms with Crippen LogP contribution in [0.4, 0.5) is 18.9 Å². The van der Waals surface area contributed by atoms with Gasteiger partial charge in [-0.2, -0.15) is 13.2 Å². The fraction of sp³-hybridized carbons (Fsp3) is 0.235. The van der Waals surface area contributed by atoms with Crippen LogP contribution >= 0.6 is 0 Å². The van der Waals surface area contributed by atoms with Gasteiger partial charge in [-0.3, -0.25) is 10.1 Å². The van der Waals surface area contributed by atoms with E-state index in [1.807, 2.05) is 0 Å². The Morgan fingerprint density at radius 2 is 1.72 bits per heavy atom. The van der Waals surface area contributed by atoms with Gasteiger partial charge < -0.3 is 4.74 Å². The van der Waals surface area contributed by atoms with E-state index in [0.29, 0.717) is 5.56 Å². The van der Waals surface area contributed by atoms with Gasteiger partial charge in [0.05, 0.1) is 10.5 Å². The number of nitro groups is 1. The molecule has 3 rings (SSSR count). The highest BCUT2D eigenvalue weighted by Gasteiger charge is 2.74. The van der Waals surface area contributed by atoms with Gasteiger partial charge in [0.1, 0.15) is 0 Å². The molecule has 0 heterocycles. The molecule has 25 heavy (non-hydrogen) atoms. The Balaban J connectivity index is 1.83. The average Bonchev–Trinajstić information content (AvgIpc) is 3.31. The molecule has 0 aliphatic heterocycles. The molecule has 0 spiro atoms. The van der Waals surface area contributed by atoms with Crippen LogP contribution in [-0.4, -0.2) is 22.7 Å². The summed E-state index contributed by atoms with van der Waals surface area (Å²) in [5.74, 6) is -2.12. The zero-order valence-corrected chi connectivity index (χ0v) is 12.7. The van der Waals surface area contributed by atoms with Gasteiger partial charge in [-0.1, -0.05) is 30.3 Å². The van der Waals surface area contributed by atoms with Crippen molar-refractivity contribution < 1.29 is 27.6 Å². The number of nitrogens with zero attached hydrogens (tertiary/aromatic N) is 1. The summed E-state index contributed by atoms with van der Waals surface area (Å²) < 4.78 is 45.4. The van der Waals surface area contributed by atoms with Crippen molar-refractivity contribution in [2.45, 2.75) is 24.1 Å². The Labute approximate surface area is 140 Å². The van der Waals surface area contributed by atoms with Gasteiger partial charge in [0.2, 0.25) is 5.60 Å². The van der Waals surface area contributed by atoms with Gasteiger partial charge in [0.15, 0.2) is 0 Å². The zero-order chi connectivity index (χ0) is 18.2. The Morgan fingerprint density at radius 1 is 1.12 bits per heavy atom. The third-order valence-corrected chi connectivity index (χ3v) is 4.18. The minimum Gasteiger partial charge on any atom is -0.445 e. The first kappa shape index (κ1) is 16.9. The van der Waals surface area contributed by atoms with Crippen molar-refractivity contribution >= 4 is 11.7 Å². The molecule has 1 fully saturated rings. The highest BCUT2D eigenvalue weighted by molar-refractivity contribution is 5.90. The molecule has 1 saturated carbocycles. The van der Waals surface area contributed by atoms with Gasteiger partial charge in [0, 0.05) is 24.5 Å². The second-order valence-corrected chi connectivity index (χ2v) is 5.75. The topological polar surface area (TPSA) is 69.4 Å². The van der Waals surface area contributed by atoms with E-state index in [2.05, 4.69) is 0 Å². The number of hydrogen-bond acceptors (Lipinski definition) is 4. The van der Waals surface area contributed by atoms with Crippen LogP contribution in [-0.2, 0) is 4.74 Å². The summed E-state index contributed by atoms with van der Waals surface area (Å²) >= 11 is 0. The smallest absolute Gasteiger partial charge is 0.429 e. The van der Waals surface area contributed by atoms with Crippen LogP contribution in [0.25, 0.3) is 0 Å². The van der Waals surface area contributed by atoms with Crippen molar-refractivity contribution in [3.05, 3.63) is 75.8 Å². The van der Waals surface area contributed by atoms with Gasteiger partial charge in [-0.05, 0) is 17.7 Å². The molecule has 0 bridgehead atoms. The summed E-state index contributed by atoms with van der Waals surface area (Å²) in [5, 5.41) is 10.6. The summed E-state index contributed by atoms with van der Waals surface area (Å²) in [7, 11) is 0. The molecule has 130 valence electrons. The summed E-state index contributed by atoms with van der Waals surface area (Å²) in [6, 6.07) is 12.3. The number of hydrogen-bond donors (Lipinski definition) is 0. The highest BCUT2D eigenvalue weighted by atomic mass is 19.4.